The van der Waals surface area contributed by atoms with Crippen molar-refractivity contribution in [2.75, 3.05) is 13.2 Å². The second-order valence-electron chi connectivity index (χ2n) is 5.07. The number of aliphatic hydroxyl groups is 1. The van der Waals surface area contributed by atoms with Gasteiger partial charge in [-0.15, -0.1) is 0 Å². The van der Waals surface area contributed by atoms with Crippen LogP contribution in [-0.2, 0) is 11.2 Å². The van der Waals surface area contributed by atoms with Gasteiger partial charge in [-0.05, 0) is 46.5 Å². The van der Waals surface area contributed by atoms with Crippen LogP contribution >= 0.6 is 15.9 Å². The van der Waals surface area contributed by atoms with Crippen LogP contribution in [0.5, 0.6) is 0 Å². The molecule has 0 spiro atoms. The average molecular weight is 346 g/mol. The van der Waals surface area contributed by atoms with E-state index in [0.29, 0.717) is 11.0 Å². The van der Waals surface area contributed by atoms with Crippen molar-refractivity contribution in [1.82, 2.24) is 5.32 Å². The molecule has 2 N–H and O–H groups in total. The molecule has 0 bridgehead atoms. The van der Waals surface area contributed by atoms with E-state index in [2.05, 4.69) is 21.2 Å². The van der Waals surface area contributed by atoms with Gasteiger partial charge >= 0.3 is 0 Å². The van der Waals surface area contributed by atoms with Crippen molar-refractivity contribution in [3.63, 3.8) is 0 Å². The van der Waals surface area contributed by atoms with Crippen LogP contribution in [0.2, 0.25) is 0 Å². The van der Waals surface area contributed by atoms with Crippen LogP contribution < -0.4 is 5.32 Å². The van der Waals surface area contributed by atoms with E-state index in [1.807, 2.05) is 13.8 Å². The van der Waals surface area contributed by atoms with Crippen LogP contribution in [0, 0.1) is 11.2 Å². The lowest BCUT2D eigenvalue weighted by Gasteiger charge is -2.29. The zero-order valence-electron chi connectivity index (χ0n) is 11.9. The predicted molar refractivity (Wildman–Crippen MR) is 80.9 cm³/mol. The lowest BCUT2D eigenvalue weighted by molar-refractivity contribution is -0.121. The normalized spacial score (nSPS) is 11.4. The first-order valence-electron chi connectivity index (χ1n) is 6.78. The van der Waals surface area contributed by atoms with Crippen molar-refractivity contribution < 1.29 is 14.3 Å². The van der Waals surface area contributed by atoms with Gasteiger partial charge in [0, 0.05) is 12.0 Å². The van der Waals surface area contributed by atoms with Crippen LogP contribution in [0.4, 0.5) is 4.39 Å². The van der Waals surface area contributed by atoms with Gasteiger partial charge in [0.2, 0.25) is 5.91 Å². The van der Waals surface area contributed by atoms with Crippen LogP contribution in [0.25, 0.3) is 0 Å². The van der Waals surface area contributed by atoms with Gasteiger partial charge in [-0.3, -0.25) is 4.79 Å². The summed E-state index contributed by atoms with van der Waals surface area (Å²) >= 11 is 3.10. The maximum atomic E-state index is 13.1. The summed E-state index contributed by atoms with van der Waals surface area (Å²) in [6.45, 7) is 4.52. The average Bonchev–Trinajstić information content (AvgIpc) is 2.45. The number of hydrogen-bond donors (Lipinski definition) is 2. The van der Waals surface area contributed by atoms with Crippen molar-refractivity contribution in [3.8, 4) is 0 Å². The molecule has 20 heavy (non-hydrogen) atoms. The van der Waals surface area contributed by atoms with E-state index < -0.39 is 0 Å². The molecule has 0 aliphatic carbocycles. The maximum Gasteiger partial charge on any atom is 0.224 e. The van der Waals surface area contributed by atoms with E-state index in [1.54, 1.807) is 12.1 Å². The number of nitrogens with one attached hydrogen (secondary N) is 1. The van der Waals surface area contributed by atoms with Crippen molar-refractivity contribution in [2.24, 2.45) is 5.41 Å². The van der Waals surface area contributed by atoms with Crippen molar-refractivity contribution in [2.45, 2.75) is 33.1 Å². The molecule has 1 aromatic rings. The number of halogens is 2. The molecule has 5 heteroatoms. The second-order valence-corrected chi connectivity index (χ2v) is 5.92. The van der Waals surface area contributed by atoms with Crippen molar-refractivity contribution in [1.29, 1.82) is 0 Å². The van der Waals surface area contributed by atoms with Gasteiger partial charge in [0.15, 0.2) is 0 Å². The van der Waals surface area contributed by atoms with Crippen LogP contribution in [0.15, 0.2) is 22.7 Å². The summed E-state index contributed by atoms with van der Waals surface area (Å²) in [5.74, 6) is -0.464. The van der Waals surface area contributed by atoms with Gasteiger partial charge in [0.05, 0.1) is 17.5 Å². The maximum absolute atomic E-state index is 13.1. The summed E-state index contributed by atoms with van der Waals surface area (Å²) in [5.41, 5.74) is 0.498. The fourth-order valence-electron chi connectivity index (χ4n) is 1.96. The summed E-state index contributed by atoms with van der Waals surface area (Å²) in [6.07, 6.45) is 1.82. The Bertz CT molecular complexity index is 453. The quantitative estimate of drug-likeness (QED) is 0.797. The highest BCUT2D eigenvalue weighted by atomic mass is 79.9. The smallest absolute Gasteiger partial charge is 0.224 e. The lowest BCUT2D eigenvalue weighted by Crippen LogP contribution is -2.39. The number of hydrogen-bond acceptors (Lipinski definition) is 2. The highest BCUT2D eigenvalue weighted by molar-refractivity contribution is 9.10. The SMILES string of the molecule is CCC(CC)(CO)CNC(=O)Cc1ccc(F)c(Br)c1. The van der Waals surface area contributed by atoms with Gasteiger partial charge in [-0.2, -0.15) is 0 Å². The van der Waals surface area contributed by atoms with Crippen LogP contribution in [0.3, 0.4) is 0 Å². The van der Waals surface area contributed by atoms with Gasteiger partial charge in [0.1, 0.15) is 5.82 Å². The zero-order valence-corrected chi connectivity index (χ0v) is 13.5. The van der Waals surface area contributed by atoms with Crippen molar-refractivity contribution in [3.05, 3.63) is 34.1 Å². The highest BCUT2D eigenvalue weighted by Gasteiger charge is 2.25. The minimum absolute atomic E-state index is 0.0579. The molecule has 0 aliphatic rings. The lowest BCUT2D eigenvalue weighted by atomic mass is 9.83. The summed E-state index contributed by atoms with van der Waals surface area (Å²) in [7, 11) is 0. The fraction of sp³-hybridized carbons (Fsp3) is 0.533. The number of aliphatic hydroxyl groups excluding tert-OH is 1. The number of carbonyl (C=O) groups is 1. The first-order valence-corrected chi connectivity index (χ1v) is 7.57. The Morgan fingerprint density at radius 2 is 2.05 bits per heavy atom. The minimum atomic E-state index is -0.342. The zero-order chi connectivity index (χ0) is 15.2. The van der Waals surface area contributed by atoms with Gasteiger partial charge < -0.3 is 10.4 Å². The third-order valence-electron chi connectivity index (χ3n) is 3.84. The van der Waals surface area contributed by atoms with Crippen molar-refractivity contribution >= 4 is 21.8 Å². The van der Waals surface area contributed by atoms with Gasteiger partial charge in [-0.1, -0.05) is 19.9 Å². The Morgan fingerprint density at radius 1 is 1.40 bits per heavy atom. The number of carbonyl (C=O) groups excluding carboxylic acids is 1. The first kappa shape index (κ1) is 17.1. The molecule has 3 nitrogen and oxygen atoms in total. The molecule has 1 amide bonds. The topological polar surface area (TPSA) is 49.3 Å². The molecule has 0 radical (unpaired) electrons. The van der Waals surface area contributed by atoms with Gasteiger partial charge in [0.25, 0.3) is 0 Å². The van der Waals surface area contributed by atoms with E-state index >= 15 is 0 Å². The Balaban J connectivity index is 2.57. The van der Waals surface area contributed by atoms with E-state index in [-0.39, 0.29) is 30.2 Å². The number of benzene rings is 1. The Labute approximate surface area is 127 Å². The molecule has 0 atom stereocenters. The molecule has 0 heterocycles. The number of amides is 1. The third-order valence-corrected chi connectivity index (χ3v) is 4.45. The molecule has 0 saturated carbocycles. The second kappa shape index (κ2) is 7.74. The third kappa shape index (κ3) is 4.56. The molecule has 0 aliphatic heterocycles. The standard InChI is InChI=1S/C15H21BrFNO2/c1-3-15(4-2,10-19)9-18-14(20)8-11-5-6-13(17)12(16)7-11/h5-7,19H,3-4,8-10H2,1-2H3,(H,18,20). The molecule has 1 aromatic carbocycles. The summed E-state index contributed by atoms with van der Waals surface area (Å²) in [5, 5.41) is 12.3. The molecular formula is C15H21BrFNO2. The molecule has 1 rings (SSSR count). The highest BCUT2D eigenvalue weighted by Crippen LogP contribution is 2.24. The van der Waals surface area contributed by atoms with E-state index in [9.17, 15) is 14.3 Å². The van der Waals surface area contributed by atoms with E-state index in [1.165, 1.54) is 6.07 Å². The first-order chi connectivity index (χ1) is 9.46. The van der Waals surface area contributed by atoms with Crippen LogP contribution in [0.1, 0.15) is 32.3 Å². The minimum Gasteiger partial charge on any atom is -0.396 e. The summed E-state index contributed by atoms with van der Waals surface area (Å²) in [6, 6.07) is 4.54. The summed E-state index contributed by atoms with van der Waals surface area (Å²) in [4.78, 5) is 11.9. The van der Waals surface area contributed by atoms with Gasteiger partial charge in [-0.25, -0.2) is 4.39 Å². The summed E-state index contributed by atoms with van der Waals surface area (Å²) < 4.78 is 13.5. The number of rotatable bonds is 7. The molecular weight excluding hydrogens is 325 g/mol. The largest absolute Gasteiger partial charge is 0.396 e. The Kier molecular flexibility index (Phi) is 6.62. The van der Waals surface area contributed by atoms with Crippen LogP contribution in [-0.4, -0.2) is 24.2 Å². The molecule has 0 saturated heterocycles. The monoisotopic (exact) mass is 345 g/mol. The fourth-order valence-corrected chi connectivity index (χ4v) is 2.39. The Morgan fingerprint density at radius 3 is 2.55 bits per heavy atom. The Hall–Kier alpha value is -0.940. The van der Waals surface area contributed by atoms with E-state index in [4.69, 9.17) is 0 Å². The molecule has 0 aromatic heterocycles. The molecule has 112 valence electrons. The molecule has 0 fully saturated rings. The van der Waals surface area contributed by atoms with E-state index in [0.717, 1.165) is 18.4 Å². The molecule has 0 unspecified atom stereocenters. The predicted octanol–water partition coefficient (Wildman–Crippen LogP) is 3.05.